The molecule has 3 heterocycles. The molecule has 4 rings (SSSR count). The molecule has 0 saturated heterocycles. The van der Waals surface area contributed by atoms with Crippen LogP contribution in [-0.2, 0) is 0 Å². The smallest absolute Gasteiger partial charge is 0.258 e. The van der Waals surface area contributed by atoms with Crippen LogP contribution in [0.1, 0.15) is 10.4 Å². The first kappa shape index (κ1) is 14.8. The molecular weight excluding hydrogens is 318 g/mol. The van der Waals surface area contributed by atoms with E-state index in [1.54, 1.807) is 35.3 Å². The average Bonchev–Trinajstić information content (AvgIpc) is 3.35. The number of anilines is 1. The summed E-state index contributed by atoms with van der Waals surface area (Å²) in [5.41, 5.74) is 2.02. The Labute approximate surface area is 142 Å². The summed E-state index contributed by atoms with van der Waals surface area (Å²) < 4.78 is 1.72. The molecule has 8 nitrogen and oxygen atoms in total. The molecule has 2 N–H and O–H groups in total. The lowest BCUT2D eigenvalue weighted by molar-refractivity contribution is 0.102. The number of aromatic nitrogens is 6. The van der Waals surface area contributed by atoms with Crippen LogP contribution < -0.4 is 5.32 Å². The molecule has 3 aromatic heterocycles. The average molecular weight is 331 g/mol. The zero-order chi connectivity index (χ0) is 17.1. The fourth-order valence-electron chi connectivity index (χ4n) is 2.30. The minimum absolute atomic E-state index is 0.196. The highest BCUT2D eigenvalue weighted by Gasteiger charge is 2.11. The van der Waals surface area contributed by atoms with Gasteiger partial charge in [-0.25, -0.2) is 4.68 Å². The van der Waals surface area contributed by atoms with Crippen LogP contribution in [0.15, 0.2) is 67.1 Å². The van der Waals surface area contributed by atoms with Gasteiger partial charge in [0.1, 0.15) is 5.69 Å². The maximum Gasteiger partial charge on any atom is 0.258 e. The van der Waals surface area contributed by atoms with Crippen LogP contribution >= 0.6 is 0 Å². The molecule has 0 atom stereocenters. The quantitative estimate of drug-likeness (QED) is 0.597. The summed E-state index contributed by atoms with van der Waals surface area (Å²) in [5.74, 6) is 0.394. The Morgan fingerprint density at radius 3 is 2.64 bits per heavy atom. The molecule has 122 valence electrons. The summed E-state index contributed by atoms with van der Waals surface area (Å²) in [6.45, 7) is 0. The van der Waals surface area contributed by atoms with Crippen molar-refractivity contribution in [2.24, 2.45) is 0 Å². The van der Waals surface area contributed by atoms with E-state index < -0.39 is 0 Å². The highest BCUT2D eigenvalue weighted by Crippen LogP contribution is 2.14. The molecule has 0 fully saturated rings. The molecule has 0 radical (unpaired) electrons. The van der Waals surface area contributed by atoms with E-state index >= 15 is 0 Å². The number of benzene rings is 1. The van der Waals surface area contributed by atoms with Gasteiger partial charge in [-0.15, -0.1) is 5.10 Å². The predicted molar refractivity (Wildman–Crippen MR) is 91.1 cm³/mol. The van der Waals surface area contributed by atoms with E-state index in [0.29, 0.717) is 17.1 Å². The maximum atomic E-state index is 12.3. The highest BCUT2D eigenvalue weighted by molar-refractivity contribution is 6.03. The van der Waals surface area contributed by atoms with Crippen molar-refractivity contribution in [1.29, 1.82) is 0 Å². The first-order valence-corrected chi connectivity index (χ1v) is 7.55. The normalized spacial score (nSPS) is 10.6. The van der Waals surface area contributed by atoms with Gasteiger partial charge in [-0.1, -0.05) is 6.07 Å². The molecule has 25 heavy (non-hydrogen) atoms. The van der Waals surface area contributed by atoms with Crippen LogP contribution in [0, 0.1) is 0 Å². The molecule has 0 spiro atoms. The summed E-state index contributed by atoms with van der Waals surface area (Å²) in [6.07, 6.45) is 5.20. The van der Waals surface area contributed by atoms with E-state index in [0.717, 1.165) is 5.69 Å². The highest BCUT2D eigenvalue weighted by atomic mass is 16.1. The van der Waals surface area contributed by atoms with Gasteiger partial charge in [0, 0.05) is 24.2 Å². The summed E-state index contributed by atoms with van der Waals surface area (Å²) in [5, 5.41) is 13.6. The maximum absolute atomic E-state index is 12.3. The van der Waals surface area contributed by atoms with Crippen LogP contribution in [0.4, 0.5) is 5.95 Å². The Morgan fingerprint density at radius 1 is 1.04 bits per heavy atom. The van der Waals surface area contributed by atoms with E-state index in [4.69, 9.17) is 0 Å². The number of nitrogens with one attached hydrogen (secondary N) is 2. The van der Waals surface area contributed by atoms with Crippen molar-refractivity contribution in [3.8, 4) is 17.2 Å². The van der Waals surface area contributed by atoms with Crippen molar-refractivity contribution < 1.29 is 4.79 Å². The topological polar surface area (TPSA) is 101 Å². The third kappa shape index (κ3) is 3.13. The van der Waals surface area contributed by atoms with Crippen molar-refractivity contribution >= 4 is 11.9 Å². The lowest BCUT2D eigenvalue weighted by Gasteiger charge is -2.04. The largest absolute Gasteiger partial charge is 0.289 e. The van der Waals surface area contributed by atoms with E-state index in [9.17, 15) is 4.79 Å². The second-order valence-electron chi connectivity index (χ2n) is 5.17. The number of H-pyrrole nitrogens is 1. The molecule has 0 bridgehead atoms. The van der Waals surface area contributed by atoms with Crippen LogP contribution in [0.25, 0.3) is 17.2 Å². The molecule has 0 saturated carbocycles. The number of rotatable bonds is 4. The molecule has 8 heteroatoms. The van der Waals surface area contributed by atoms with Crippen molar-refractivity contribution in [3.63, 3.8) is 0 Å². The van der Waals surface area contributed by atoms with Crippen molar-refractivity contribution in [1.82, 2.24) is 29.9 Å². The Hall–Kier alpha value is -3.81. The summed E-state index contributed by atoms with van der Waals surface area (Å²) in [7, 11) is 0. The van der Waals surface area contributed by atoms with E-state index in [1.807, 2.05) is 36.5 Å². The predicted octanol–water partition coefficient (Wildman–Crippen LogP) is 2.30. The van der Waals surface area contributed by atoms with Crippen LogP contribution in [0.2, 0.25) is 0 Å². The van der Waals surface area contributed by atoms with Gasteiger partial charge in [0.15, 0.2) is 5.82 Å². The van der Waals surface area contributed by atoms with Gasteiger partial charge >= 0.3 is 0 Å². The molecule has 1 amide bonds. The summed E-state index contributed by atoms with van der Waals surface area (Å²) >= 11 is 0. The van der Waals surface area contributed by atoms with Gasteiger partial charge in [0.2, 0.25) is 5.95 Å². The standard InChI is InChI=1S/C17H13N7O/c25-16(12-5-7-13(8-6-12)24-11-3-10-19-24)21-17-20-15(22-23-17)14-4-1-2-9-18-14/h1-11H,(H2,20,21,22,23,25). The zero-order valence-electron chi connectivity index (χ0n) is 13.0. The first-order chi connectivity index (χ1) is 12.3. The summed E-state index contributed by atoms with van der Waals surface area (Å²) in [4.78, 5) is 20.7. The van der Waals surface area contributed by atoms with E-state index in [2.05, 4.69) is 30.6 Å². The monoisotopic (exact) mass is 331 g/mol. The van der Waals surface area contributed by atoms with Crippen molar-refractivity contribution in [2.75, 3.05) is 5.32 Å². The molecule has 0 aliphatic heterocycles. The van der Waals surface area contributed by atoms with Crippen LogP contribution in [-0.4, -0.2) is 35.9 Å². The molecule has 0 unspecified atom stereocenters. The fourth-order valence-corrected chi connectivity index (χ4v) is 2.30. The Bertz CT molecular complexity index is 976. The number of amides is 1. The number of hydrogen-bond acceptors (Lipinski definition) is 5. The summed E-state index contributed by atoms with van der Waals surface area (Å²) in [6, 6.07) is 14.4. The number of aromatic amines is 1. The Balaban J connectivity index is 1.48. The lowest BCUT2D eigenvalue weighted by atomic mass is 10.2. The van der Waals surface area contributed by atoms with Crippen LogP contribution in [0.3, 0.4) is 0 Å². The Morgan fingerprint density at radius 2 is 1.92 bits per heavy atom. The molecule has 0 aliphatic rings. The molecule has 0 aliphatic carbocycles. The lowest BCUT2D eigenvalue weighted by Crippen LogP contribution is -2.13. The van der Waals surface area contributed by atoms with Gasteiger partial charge < -0.3 is 0 Å². The minimum atomic E-state index is -0.293. The third-order valence-electron chi connectivity index (χ3n) is 3.52. The van der Waals surface area contributed by atoms with Gasteiger partial charge in [-0.05, 0) is 42.5 Å². The fraction of sp³-hybridized carbons (Fsp3) is 0. The number of carbonyl (C=O) groups excluding carboxylic acids is 1. The molecule has 1 aromatic carbocycles. The molecule has 4 aromatic rings. The molecular formula is C17H13N7O. The van der Waals surface area contributed by atoms with Crippen molar-refractivity contribution in [3.05, 3.63) is 72.7 Å². The van der Waals surface area contributed by atoms with Crippen LogP contribution in [0.5, 0.6) is 0 Å². The van der Waals surface area contributed by atoms with Crippen molar-refractivity contribution in [2.45, 2.75) is 0 Å². The van der Waals surface area contributed by atoms with Gasteiger partial charge in [0.25, 0.3) is 5.91 Å². The minimum Gasteiger partial charge on any atom is -0.289 e. The van der Waals surface area contributed by atoms with Gasteiger partial charge in [0.05, 0.1) is 5.69 Å². The second-order valence-corrected chi connectivity index (χ2v) is 5.17. The van der Waals surface area contributed by atoms with Gasteiger partial charge in [-0.3, -0.25) is 20.2 Å². The zero-order valence-corrected chi connectivity index (χ0v) is 13.0. The van der Waals surface area contributed by atoms with E-state index in [1.165, 1.54) is 0 Å². The number of pyridine rings is 1. The Kier molecular flexibility index (Phi) is 3.76. The second kappa shape index (κ2) is 6.36. The SMILES string of the molecule is O=C(Nc1n[nH]c(-c2ccccn2)n1)c1ccc(-n2cccn2)cc1. The first-order valence-electron chi connectivity index (χ1n) is 7.55. The third-order valence-corrected chi connectivity index (χ3v) is 3.52. The number of hydrogen-bond donors (Lipinski definition) is 2. The van der Waals surface area contributed by atoms with Gasteiger partial charge in [-0.2, -0.15) is 10.1 Å². The number of carbonyl (C=O) groups is 1. The van der Waals surface area contributed by atoms with E-state index in [-0.39, 0.29) is 11.9 Å². The number of nitrogens with zero attached hydrogens (tertiary/aromatic N) is 5.